The Labute approximate surface area is 259 Å². The van der Waals surface area contributed by atoms with E-state index >= 15 is 0 Å². The number of carbonyl (C=O) groups excluding carboxylic acids is 2. The van der Waals surface area contributed by atoms with Gasteiger partial charge in [0, 0.05) is 25.6 Å². The standard InChI is InChI=1S/C34H43NO9/c1-22-15-16-27(42-32(36)24-11-8-7-9-12-24)31-28(43-34(3,4)44-31)14-10-13-25-19-26(39-18-17-35-5)20-29(40-21-38-6)30(25)33(37)41-23(22)2/h7-13,15-16,19-20,22-23,27-28,31,35H,14,17-18,21H2,1-6H3/t22-,23?,27?,28?,31?/m1/s1. The van der Waals surface area contributed by atoms with E-state index in [-0.39, 0.29) is 24.0 Å². The van der Waals surface area contributed by atoms with Gasteiger partial charge in [-0.05, 0) is 64.1 Å². The van der Waals surface area contributed by atoms with E-state index in [2.05, 4.69) is 5.32 Å². The molecule has 2 aromatic rings. The van der Waals surface area contributed by atoms with Gasteiger partial charge in [-0.2, -0.15) is 0 Å². The van der Waals surface area contributed by atoms with Gasteiger partial charge in [0.05, 0.1) is 11.7 Å². The van der Waals surface area contributed by atoms with Gasteiger partial charge in [-0.3, -0.25) is 0 Å². The van der Waals surface area contributed by atoms with Crippen molar-refractivity contribution in [3.8, 4) is 11.5 Å². The van der Waals surface area contributed by atoms with Crippen molar-refractivity contribution in [1.29, 1.82) is 0 Å². The molecule has 0 aliphatic carbocycles. The summed E-state index contributed by atoms with van der Waals surface area (Å²) < 4.78 is 41.4. The monoisotopic (exact) mass is 609 g/mol. The van der Waals surface area contributed by atoms with Crippen LogP contribution in [0.25, 0.3) is 6.08 Å². The fourth-order valence-electron chi connectivity index (χ4n) is 4.96. The van der Waals surface area contributed by atoms with Crippen molar-refractivity contribution in [2.24, 2.45) is 5.92 Å². The van der Waals surface area contributed by atoms with Crippen LogP contribution in [0, 0.1) is 5.92 Å². The molecule has 4 rings (SSSR count). The third kappa shape index (κ3) is 8.69. The molecule has 1 saturated heterocycles. The van der Waals surface area contributed by atoms with E-state index in [4.69, 9.17) is 33.2 Å². The van der Waals surface area contributed by atoms with Gasteiger partial charge in [0.25, 0.3) is 0 Å². The highest BCUT2D eigenvalue weighted by Gasteiger charge is 2.45. The molecule has 10 nitrogen and oxygen atoms in total. The normalized spacial score (nSPS) is 24.9. The summed E-state index contributed by atoms with van der Waals surface area (Å²) in [5, 5.41) is 3.05. The Morgan fingerprint density at radius 1 is 1.07 bits per heavy atom. The molecular formula is C34H43NO9. The van der Waals surface area contributed by atoms with Gasteiger partial charge < -0.3 is 38.5 Å². The minimum absolute atomic E-state index is 0.0643. The molecule has 238 valence electrons. The molecule has 2 aromatic carbocycles. The van der Waals surface area contributed by atoms with Crippen LogP contribution < -0.4 is 14.8 Å². The van der Waals surface area contributed by atoms with Gasteiger partial charge in [-0.15, -0.1) is 0 Å². The number of hydrogen-bond acceptors (Lipinski definition) is 10. The molecule has 0 saturated carbocycles. The summed E-state index contributed by atoms with van der Waals surface area (Å²) in [7, 11) is 3.35. The molecule has 2 aliphatic rings. The third-order valence-electron chi connectivity index (χ3n) is 7.36. The number of rotatable bonds is 9. The Morgan fingerprint density at radius 3 is 2.57 bits per heavy atom. The molecule has 0 radical (unpaired) electrons. The first-order valence-corrected chi connectivity index (χ1v) is 14.9. The lowest BCUT2D eigenvalue weighted by Gasteiger charge is -2.25. The van der Waals surface area contributed by atoms with Crippen molar-refractivity contribution >= 4 is 18.0 Å². The highest BCUT2D eigenvalue weighted by atomic mass is 16.8. The van der Waals surface area contributed by atoms with Gasteiger partial charge in [0.15, 0.2) is 12.6 Å². The number of likely N-dealkylation sites (N-methyl/N-ethyl adjacent to an activating group) is 1. The number of esters is 2. The van der Waals surface area contributed by atoms with E-state index in [0.717, 1.165) is 0 Å². The maximum atomic E-state index is 13.7. The first kappa shape index (κ1) is 33.2. The Hall–Kier alpha value is -3.70. The molecule has 5 atom stereocenters. The second-order valence-corrected chi connectivity index (χ2v) is 11.3. The number of cyclic esters (lactones) is 1. The fraction of sp³-hybridized carbons (Fsp3) is 0.471. The molecule has 1 N–H and O–H groups in total. The molecular weight excluding hydrogens is 566 g/mol. The molecule has 0 bridgehead atoms. The average Bonchev–Trinajstić information content (AvgIpc) is 3.31. The number of nitrogens with one attached hydrogen (secondary N) is 1. The van der Waals surface area contributed by atoms with Crippen LogP contribution in [0.15, 0.2) is 60.7 Å². The Bertz CT molecular complexity index is 1320. The van der Waals surface area contributed by atoms with Crippen molar-refractivity contribution in [3.63, 3.8) is 0 Å². The number of ether oxygens (including phenoxy) is 7. The van der Waals surface area contributed by atoms with E-state index in [9.17, 15) is 9.59 Å². The minimum atomic E-state index is -0.909. The lowest BCUT2D eigenvalue weighted by Crippen LogP contribution is -2.37. The zero-order valence-electron chi connectivity index (χ0n) is 26.2. The second-order valence-electron chi connectivity index (χ2n) is 11.3. The first-order chi connectivity index (χ1) is 21.1. The molecule has 0 amide bonds. The largest absolute Gasteiger partial charge is 0.492 e. The van der Waals surface area contributed by atoms with Gasteiger partial charge in [-0.25, -0.2) is 9.59 Å². The van der Waals surface area contributed by atoms with Crippen LogP contribution in [-0.4, -0.2) is 76.2 Å². The third-order valence-corrected chi connectivity index (χ3v) is 7.36. The maximum Gasteiger partial charge on any atom is 0.342 e. The molecule has 0 spiro atoms. The van der Waals surface area contributed by atoms with Crippen LogP contribution in [0.4, 0.5) is 0 Å². The average molecular weight is 610 g/mol. The maximum absolute atomic E-state index is 13.7. The Morgan fingerprint density at radius 2 is 1.84 bits per heavy atom. The molecule has 2 aliphatic heterocycles. The lowest BCUT2D eigenvalue weighted by molar-refractivity contribution is -0.152. The lowest BCUT2D eigenvalue weighted by atomic mass is 9.98. The number of methoxy groups -OCH3 is 1. The van der Waals surface area contributed by atoms with Crippen molar-refractivity contribution in [2.75, 3.05) is 34.1 Å². The van der Waals surface area contributed by atoms with Crippen molar-refractivity contribution in [2.45, 2.75) is 64.3 Å². The molecule has 1 fully saturated rings. The van der Waals surface area contributed by atoms with Crippen LogP contribution in [0.1, 0.15) is 60.4 Å². The van der Waals surface area contributed by atoms with E-state index in [1.54, 1.807) is 42.5 Å². The van der Waals surface area contributed by atoms with Crippen molar-refractivity contribution in [1.82, 2.24) is 5.32 Å². The fourth-order valence-corrected chi connectivity index (χ4v) is 4.96. The summed E-state index contributed by atoms with van der Waals surface area (Å²) in [6.07, 6.45) is 5.44. The highest BCUT2D eigenvalue weighted by molar-refractivity contribution is 5.97. The summed E-state index contributed by atoms with van der Waals surface area (Å²) >= 11 is 0. The van der Waals surface area contributed by atoms with E-state index in [1.165, 1.54) is 7.11 Å². The van der Waals surface area contributed by atoms with Gasteiger partial charge in [0.2, 0.25) is 0 Å². The summed E-state index contributed by atoms with van der Waals surface area (Å²) in [4.78, 5) is 26.8. The Balaban J connectivity index is 1.73. The van der Waals surface area contributed by atoms with Gasteiger partial charge >= 0.3 is 11.9 Å². The number of hydrogen-bond donors (Lipinski definition) is 1. The van der Waals surface area contributed by atoms with Crippen LogP contribution in [0.3, 0.4) is 0 Å². The SMILES string of the molecule is CNCCOc1cc2c(c(OCOC)c1)C(=O)OC(C)[C@H](C)C=CC(OC(=O)c1ccccc1)C1OC(C)(C)OC1CC=C2. The first-order valence-electron chi connectivity index (χ1n) is 14.9. The quantitative estimate of drug-likeness (QED) is 0.177. The predicted molar refractivity (Wildman–Crippen MR) is 165 cm³/mol. The second kappa shape index (κ2) is 15.3. The van der Waals surface area contributed by atoms with Crippen LogP contribution in [0.2, 0.25) is 0 Å². The molecule has 44 heavy (non-hydrogen) atoms. The predicted octanol–water partition coefficient (Wildman–Crippen LogP) is 5.17. The van der Waals surface area contributed by atoms with Crippen molar-refractivity contribution < 1.29 is 42.7 Å². The van der Waals surface area contributed by atoms with E-state index in [0.29, 0.717) is 36.4 Å². The van der Waals surface area contributed by atoms with E-state index in [1.807, 2.05) is 59.0 Å². The number of carbonyl (C=O) groups is 2. The topological polar surface area (TPSA) is 111 Å². The molecule has 10 heteroatoms. The number of fused-ring (bicyclic) bond motifs is 2. The summed E-state index contributed by atoms with van der Waals surface area (Å²) in [6, 6.07) is 12.2. The minimum Gasteiger partial charge on any atom is -0.492 e. The summed E-state index contributed by atoms with van der Waals surface area (Å²) in [6.45, 7) is 8.39. The summed E-state index contributed by atoms with van der Waals surface area (Å²) in [5.41, 5.74) is 1.24. The van der Waals surface area contributed by atoms with Gasteiger partial charge in [-0.1, -0.05) is 43.4 Å². The molecule has 4 unspecified atom stereocenters. The molecule has 2 heterocycles. The smallest absolute Gasteiger partial charge is 0.342 e. The Kier molecular flexibility index (Phi) is 11.6. The van der Waals surface area contributed by atoms with Crippen LogP contribution in [-0.2, 0) is 23.7 Å². The van der Waals surface area contributed by atoms with Crippen molar-refractivity contribution in [3.05, 3.63) is 77.4 Å². The zero-order chi connectivity index (χ0) is 31.7. The van der Waals surface area contributed by atoms with Crippen LogP contribution in [0.5, 0.6) is 11.5 Å². The van der Waals surface area contributed by atoms with E-state index < -0.39 is 42.1 Å². The number of benzene rings is 2. The van der Waals surface area contributed by atoms with Crippen LogP contribution >= 0.6 is 0 Å². The molecule has 0 aromatic heterocycles. The zero-order valence-corrected chi connectivity index (χ0v) is 26.2. The highest BCUT2D eigenvalue weighted by Crippen LogP contribution is 2.36. The summed E-state index contributed by atoms with van der Waals surface area (Å²) in [5.74, 6) is -1.35. The van der Waals surface area contributed by atoms with Gasteiger partial charge in [0.1, 0.15) is 42.0 Å².